The number of carbonyl (C=O) groups is 1. The number of benzene rings is 1. The van der Waals surface area contributed by atoms with E-state index in [-0.39, 0.29) is 5.97 Å². The largest absolute Gasteiger partial charge is 0.467 e. The highest BCUT2D eigenvalue weighted by Gasteiger charge is 2.35. The molecule has 21 heavy (non-hydrogen) atoms. The van der Waals surface area contributed by atoms with Crippen molar-refractivity contribution in [1.29, 1.82) is 0 Å². The lowest BCUT2D eigenvalue weighted by molar-refractivity contribution is -0.148. The Bertz CT molecular complexity index is 626. The molecule has 1 unspecified atom stereocenters. The Labute approximate surface area is 122 Å². The van der Waals surface area contributed by atoms with Crippen LogP contribution in [-0.2, 0) is 15.1 Å². The zero-order valence-corrected chi connectivity index (χ0v) is 12.0. The molecular formula is C14H17N5O2. The number of nitrogens with zero attached hydrogens (tertiary/aromatic N) is 4. The van der Waals surface area contributed by atoms with Gasteiger partial charge in [0.15, 0.2) is 0 Å². The first-order valence-corrected chi connectivity index (χ1v) is 6.40. The lowest BCUT2D eigenvalue weighted by atomic mass is 9.91. The maximum atomic E-state index is 12.2. The van der Waals surface area contributed by atoms with E-state index in [9.17, 15) is 4.79 Å². The summed E-state index contributed by atoms with van der Waals surface area (Å²) in [6.45, 7) is 5.89. The van der Waals surface area contributed by atoms with Crippen LogP contribution in [0.4, 0.5) is 0 Å². The van der Waals surface area contributed by atoms with Gasteiger partial charge < -0.3 is 4.74 Å². The first-order chi connectivity index (χ1) is 10.1. The lowest BCUT2D eigenvalue weighted by Gasteiger charge is -2.28. The summed E-state index contributed by atoms with van der Waals surface area (Å²) in [6, 6.07) is 7.37. The summed E-state index contributed by atoms with van der Waals surface area (Å²) < 4.78 is 6.44. The fraction of sp³-hybridized carbons (Fsp3) is 0.286. The van der Waals surface area contributed by atoms with E-state index in [1.165, 1.54) is 18.1 Å². The summed E-state index contributed by atoms with van der Waals surface area (Å²) in [7, 11) is 1.36. The van der Waals surface area contributed by atoms with Gasteiger partial charge in [0.25, 0.3) is 0 Å². The smallest absolute Gasteiger partial charge is 0.330 e. The number of methoxy groups -OCH3 is 1. The molecule has 1 aromatic heterocycles. The Morgan fingerprint density at radius 1 is 1.57 bits per heavy atom. The van der Waals surface area contributed by atoms with Gasteiger partial charge in [-0.25, -0.2) is 9.48 Å². The summed E-state index contributed by atoms with van der Waals surface area (Å²) in [4.78, 5) is 12.2. The van der Waals surface area contributed by atoms with Crippen LogP contribution >= 0.6 is 0 Å². The van der Waals surface area contributed by atoms with E-state index in [1.54, 1.807) is 13.0 Å². The predicted molar refractivity (Wildman–Crippen MR) is 76.7 cm³/mol. The van der Waals surface area contributed by atoms with Gasteiger partial charge in [0.1, 0.15) is 11.9 Å². The Hall–Kier alpha value is -2.54. The molecule has 110 valence electrons. The van der Waals surface area contributed by atoms with Gasteiger partial charge in [-0.3, -0.25) is 5.32 Å². The molecule has 7 nitrogen and oxygen atoms in total. The molecule has 0 saturated heterocycles. The SMILES string of the molecule is C=CCNC(C)(C(=O)OC)c1cccc(-n2cnnn2)c1. The highest BCUT2D eigenvalue weighted by molar-refractivity contribution is 5.82. The maximum absolute atomic E-state index is 12.2. The van der Waals surface area contributed by atoms with E-state index < -0.39 is 5.54 Å². The standard InChI is InChI=1S/C14H17N5O2/c1-4-8-15-14(2,13(20)21-3)11-6-5-7-12(9-11)19-10-16-17-18-19/h4-7,9-10,15H,1,8H2,2-3H3. The lowest BCUT2D eigenvalue weighted by Crippen LogP contribution is -2.47. The number of tetrazole rings is 1. The third-order valence-electron chi connectivity index (χ3n) is 3.23. The van der Waals surface area contributed by atoms with Crippen molar-refractivity contribution in [3.05, 3.63) is 48.8 Å². The molecule has 7 heteroatoms. The van der Waals surface area contributed by atoms with Crippen molar-refractivity contribution in [1.82, 2.24) is 25.5 Å². The Balaban J connectivity index is 2.43. The summed E-state index contributed by atoms with van der Waals surface area (Å²) in [5.41, 5.74) is 0.532. The second-order valence-electron chi connectivity index (χ2n) is 4.59. The van der Waals surface area contributed by atoms with Crippen molar-refractivity contribution < 1.29 is 9.53 Å². The Kier molecular flexibility index (Phi) is 4.44. The van der Waals surface area contributed by atoms with Crippen LogP contribution in [-0.4, -0.2) is 39.8 Å². The van der Waals surface area contributed by atoms with Crippen LogP contribution in [0, 0.1) is 0 Å². The molecule has 0 fully saturated rings. The Morgan fingerprint density at radius 2 is 2.38 bits per heavy atom. The topological polar surface area (TPSA) is 81.9 Å². The zero-order valence-electron chi connectivity index (χ0n) is 12.0. The number of carbonyl (C=O) groups excluding carboxylic acids is 1. The van der Waals surface area contributed by atoms with Crippen molar-refractivity contribution in [3.63, 3.8) is 0 Å². The van der Waals surface area contributed by atoms with Crippen molar-refractivity contribution in [2.45, 2.75) is 12.5 Å². The van der Waals surface area contributed by atoms with Crippen LogP contribution in [0.5, 0.6) is 0 Å². The van der Waals surface area contributed by atoms with Crippen LogP contribution in [0.15, 0.2) is 43.2 Å². The second kappa shape index (κ2) is 6.27. The number of aromatic nitrogens is 4. The third kappa shape index (κ3) is 2.97. The van der Waals surface area contributed by atoms with Gasteiger partial charge in [0.05, 0.1) is 12.8 Å². The molecule has 0 saturated carbocycles. The van der Waals surface area contributed by atoms with Crippen molar-refractivity contribution >= 4 is 5.97 Å². The fourth-order valence-corrected chi connectivity index (χ4v) is 2.01. The molecular weight excluding hydrogens is 270 g/mol. The molecule has 1 aromatic carbocycles. The van der Waals surface area contributed by atoms with Gasteiger partial charge in [-0.1, -0.05) is 18.2 Å². The van der Waals surface area contributed by atoms with Crippen LogP contribution in [0.1, 0.15) is 12.5 Å². The Morgan fingerprint density at radius 3 is 3.00 bits per heavy atom. The summed E-state index contributed by atoms with van der Waals surface area (Å²) in [5, 5.41) is 14.2. The van der Waals surface area contributed by atoms with E-state index in [1.807, 2.05) is 24.3 Å². The van der Waals surface area contributed by atoms with E-state index in [2.05, 4.69) is 27.4 Å². The van der Waals surface area contributed by atoms with Gasteiger partial charge in [-0.2, -0.15) is 0 Å². The number of rotatable bonds is 6. The monoisotopic (exact) mass is 287 g/mol. The van der Waals surface area contributed by atoms with E-state index >= 15 is 0 Å². The van der Waals surface area contributed by atoms with Crippen molar-refractivity contribution in [2.75, 3.05) is 13.7 Å². The summed E-state index contributed by atoms with van der Waals surface area (Å²) >= 11 is 0. The quantitative estimate of drug-likeness (QED) is 0.626. The molecule has 0 aliphatic carbocycles. The third-order valence-corrected chi connectivity index (χ3v) is 3.23. The average Bonchev–Trinajstić information content (AvgIpc) is 3.06. The highest BCUT2D eigenvalue weighted by atomic mass is 16.5. The molecule has 1 N–H and O–H groups in total. The van der Waals surface area contributed by atoms with Crippen molar-refractivity contribution in [2.24, 2.45) is 0 Å². The first-order valence-electron chi connectivity index (χ1n) is 6.40. The van der Waals surface area contributed by atoms with E-state index in [0.717, 1.165) is 11.3 Å². The molecule has 2 aromatic rings. The van der Waals surface area contributed by atoms with Gasteiger partial charge in [-0.15, -0.1) is 11.7 Å². The van der Waals surface area contributed by atoms with E-state index in [0.29, 0.717) is 6.54 Å². The normalized spacial score (nSPS) is 13.4. The molecule has 0 radical (unpaired) electrons. The van der Waals surface area contributed by atoms with Crippen molar-refractivity contribution in [3.8, 4) is 5.69 Å². The van der Waals surface area contributed by atoms with Crippen LogP contribution in [0.3, 0.4) is 0 Å². The zero-order chi connectivity index (χ0) is 15.3. The highest BCUT2D eigenvalue weighted by Crippen LogP contribution is 2.24. The minimum atomic E-state index is -0.979. The molecule has 0 spiro atoms. The van der Waals surface area contributed by atoms with E-state index in [4.69, 9.17) is 4.74 Å². The summed E-state index contributed by atoms with van der Waals surface area (Å²) in [5.74, 6) is -0.377. The molecule has 0 amide bonds. The summed E-state index contributed by atoms with van der Waals surface area (Å²) in [6.07, 6.45) is 3.18. The molecule has 0 aliphatic rings. The second-order valence-corrected chi connectivity index (χ2v) is 4.59. The molecule has 1 atom stereocenters. The van der Waals surface area contributed by atoms with Crippen LogP contribution < -0.4 is 5.32 Å². The number of hydrogen-bond acceptors (Lipinski definition) is 6. The molecule has 0 bridgehead atoms. The van der Waals surface area contributed by atoms with Gasteiger partial charge >= 0.3 is 5.97 Å². The fourth-order valence-electron chi connectivity index (χ4n) is 2.01. The average molecular weight is 287 g/mol. The first kappa shape index (κ1) is 14.9. The van der Waals surface area contributed by atoms with Crippen LogP contribution in [0.2, 0.25) is 0 Å². The maximum Gasteiger partial charge on any atom is 0.330 e. The molecule has 2 rings (SSSR count). The molecule has 1 heterocycles. The van der Waals surface area contributed by atoms with Gasteiger partial charge in [0, 0.05) is 6.54 Å². The number of ether oxygens (including phenoxy) is 1. The number of esters is 1. The minimum absolute atomic E-state index is 0.377. The van der Waals surface area contributed by atoms with Gasteiger partial charge in [-0.05, 0) is 35.0 Å². The predicted octanol–water partition coefficient (Wildman–Crippen LogP) is 0.826. The number of hydrogen-bond donors (Lipinski definition) is 1. The van der Waals surface area contributed by atoms with Gasteiger partial charge in [0.2, 0.25) is 0 Å². The number of nitrogens with one attached hydrogen (secondary N) is 1. The molecule has 0 aliphatic heterocycles. The van der Waals surface area contributed by atoms with Crippen LogP contribution in [0.25, 0.3) is 5.69 Å². The minimum Gasteiger partial charge on any atom is -0.467 e.